The minimum atomic E-state index is -0.115. The molecule has 3 rings (SSSR count). The van der Waals surface area contributed by atoms with Crippen LogP contribution in [0.4, 0.5) is 0 Å². The Balaban J connectivity index is 1.91. The van der Waals surface area contributed by atoms with Gasteiger partial charge in [0.2, 0.25) is 12.3 Å². The first-order chi connectivity index (χ1) is 15.5. The van der Waals surface area contributed by atoms with Crippen LogP contribution >= 0.6 is 11.6 Å². The number of hydrogen-bond acceptors (Lipinski definition) is 4. The van der Waals surface area contributed by atoms with Gasteiger partial charge in [-0.15, -0.1) is 0 Å². The number of hydrogen-bond donors (Lipinski definition) is 3. The SMILES string of the molecule is C\C(=C/C=C(NC=O)/C(=C/[C@H]1CCC(=O)N1)c1ccc(OCCCCO)c(Cl)c1)C1CC1. The number of halogens is 1. The number of nitrogens with one attached hydrogen (secondary N) is 2. The molecule has 1 aliphatic heterocycles. The average molecular weight is 459 g/mol. The van der Waals surface area contributed by atoms with Gasteiger partial charge in [0.1, 0.15) is 5.75 Å². The molecule has 2 fully saturated rings. The van der Waals surface area contributed by atoms with Crippen LogP contribution in [-0.2, 0) is 9.59 Å². The number of allylic oxidation sites excluding steroid dienone is 4. The van der Waals surface area contributed by atoms with Gasteiger partial charge in [-0.3, -0.25) is 9.59 Å². The third kappa shape index (κ3) is 6.97. The normalized spacial score (nSPS) is 19.7. The molecule has 0 unspecified atom stereocenters. The molecule has 0 bridgehead atoms. The molecule has 32 heavy (non-hydrogen) atoms. The zero-order valence-corrected chi connectivity index (χ0v) is 19.2. The second-order valence-electron chi connectivity index (χ2n) is 8.24. The van der Waals surface area contributed by atoms with Gasteiger partial charge in [-0.1, -0.05) is 35.4 Å². The third-order valence-electron chi connectivity index (χ3n) is 5.69. The monoisotopic (exact) mass is 458 g/mol. The van der Waals surface area contributed by atoms with Gasteiger partial charge in [0.15, 0.2) is 0 Å². The van der Waals surface area contributed by atoms with Crippen LogP contribution in [0.25, 0.3) is 5.57 Å². The van der Waals surface area contributed by atoms with E-state index in [1.54, 1.807) is 0 Å². The molecule has 1 saturated heterocycles. The summed E-state index contributed by atoms with van der Waals surface area (Å²) in [6, 6.07) is 5.40. The second kappa shape index (κ2) is 11.9. The van der Waals surface area contributed by atoms with E-state index in [9.17, 15) is 9.59 Å². The summed E-state index contributed by atoms with van der Waals surface area (Å²) in [7, 11) is 0. The van der Waals surface area contributed by atoms with Crippen molar-refractivity contribution in [2.24, 2.45) is 5.92 Å². The fourth-order valence-electron chi connectivity index (χ4n) is 3.66. The first-order valence-corrected chi connectivity index (χ1v) is 11.5. The summed E-state index contributed by atoms with van der Waals surface area (Å²) < 4.78 is 5.73. The molecule has 6 nitrogen and oxygen atoms in total. The number of aliphatic hydroxyl groups excluding tert-OH is 1. The second-order valence-corrected chi connectivity index (χ2v) is 8.65. The van der Waals surface area contributed by atoms with E-state index in [4.69, 9.17) is 21.4 Å². The number of benzene rings is 1. The fraction of sp³-hybridized carbons (Fsp3) is 0.440. The lowest BCUT2D eigenvalue weighted by atomic mass is 9.98. The Kier molecular flexibility index (Phi) is 8.94. The summed E-state index contributed by atoms with van der Waals surface area (Å²) in [5, 5.41) is 15.1. The number of rotatable bonds is 12. The van der Waals surface area contributed by atoms with Crippen LogP contribution in [-0.4, -0.2) is 36.7 Å². The highest BCUT2D eigenvalue weighted by atomic mass is 35.5. The Morgan fingerprint density at radius 2 is 2.09 bits per heavy atom. The standard InChI is InChI=1S/C25H31ClN2O4/c1-17(18-5-6-18)4-9-23(27-16-30)21(15-20-8-11-25(31)28-20)19-7-10-24(22(26)14-19)32-13-3-2-12-29/h4,7,9-10,14-16,18,20,29H,2-3,5-6,8,11-13H2,1H3,(H,27,30)(H,28,31)/b17-4+,21-15+,23-9-/t20-/m1/s1. The number of amides is 2. The third-order valence-corrected chi connectivity index (χ3v) is 5.98. The molecule has 1 heterocycles. The zero-order chi connectivity index (χ0) is 22.9. The van der Waals surface area contributed by atoms with Crippen LogP contribution in [0.5, 0.6) is 5.75 Å². The van der Waals surface area contributed by atoms with Crippen molar-refractivity contribution in [3.05, 3.63) is 58.3 Å². The van der Waals surface area contributed by atoms with Gasteiger partial charge in [0.05, 0.1) is 11.6 Å². The maximum Gasteiger partial charge on any atom is 0.220 e. The zero-order valence-electron chi connectivity index (χ0n) is 18.4. The molecule has 1 saturated carbocycles. The first kappa shape index (κ1) is 24.1. The molecular formula is C25H31ClN2O4. The van der Waals surface area contributed by atoms with E-state index in [-0.39, 0.29) is 18.6 Å². The lowest BCUT2D eigenvalue weighted by Crippen LogP contribution is -2.24. The van der Waals surface area contributed by atoms with Gasteiger partial charge >= 0.3 is 0 Å². The van der Waals surface area contributed by atoms with E-state index in [0.29, 0.717) is 54.7 Å². The van der Waals surface area contributed by atoms with Crippen LogP contribution in [0, 0.1) is 5.92 Å². The number of carbonyl (C=O) groups excluding carboxylic acids is 2. The van der Waals surface area contributed by atoms with Crippen LogP contribution in [0.1, 0.15) is 51.0 Å². The van der Waals surface area contributed by atoms with Gasteiger partial charge in [-0.05, 0) is 68.7 Å². The molecular weight excluding hydrogens is 428 g/mol. The molecule has 1 aliphatic carbocycles. The quantitative estimate of drug-likeness (QED) is 0.249. The van der Waals surface area contributed by atoms with Crippen LogP contribution in [0.2, 0.25) is 5.02 Å². The summed E-state index contributed by atoms with van der Waals surface area (Å²) in [6.45, 7) is 2.71. The van der Waals surface area contributed by atoms with Crippen molar-refractivity contribution in [2.45, 2.75) is 51.5 Å². The van der Waals surface area contributed by atoms with Crippen LogP contribution < -0.4 is 15.4 Å². The Morgan fingerprint density at radius 1 is 1.28 bits per heavy atom. The number of aliphatic hydroxyl groups is 1. The molecule has 2 amide bonds. The van der Waals surface area contributed by atoms with E-state index < -0.39 is 0 Å². The smallest absolute Gasteiger partial charge is 0.220 e. The van der Waals surface area contributed by atoms with Gasteiger partial charge in [-0.2, -0.15) is 0 Å². The van der Waals surface area contributed by atoms with E-state index >= 15 is 0 Å². The Labute approximate surface area is 194 Å². The summed E-state index contributed by atoms with van der Waals surface area (Å²) in [6.07, 6.45) is 11.6. The highest BCUT2D eigenvalue weighted by molar-refractivity contribution is 6.32. The highest BCUT2D eigenvalue weighted by Gasteiger charge is 2.23. The van der Waals surface area contributed by atoms with Crippen molar-refractivity contribution < 1.29 is 19.4 Å². The maximum atomic E-state index is 11.7. The largest absolute Gasteiger partial charge is 0.492 e. The van der Waals surface area contributed by atoms with Gasteiger partial charge < -0.3 is 20.5 Å². The fourth-order valence-corrected chi connectivity index (χ4v) is 3.89. The number of unbranched alkanes of at least 4 members (excludes halogenated alkanes) is 1. The summed E-state index contributed by atoms with van der Waals surface area (Å²) in [5.41, 5.74) is 3.54. The van der Waals surface area contributed by atoms with Gasteiger partial charge in [0.25, 0.3) is 0 Å². The van der Waals surface area contributed by atoms with E-state index in [2.05, 4.69) is 17.6 Å². The Hall–Kier alpha value is -2.57. The number of ether oxygens (including phenoxy) is 1. The Bertz CT molecular complexity index is 919. The van der Waals surface area contributed by atoms with Crippen molar-refractivity contribution in [2.75, 3.05) is 13.2 Å². The van der Waals surface area contributed by atoms with Gasteiger partial charge in [0, 0.05) is 30.3 Å². The molecule has 0 radical (unpaired) electrons. The van der Waals surface area contributed by atoms with Crippen molar-refractivity contribution >= 4 is 29.5 Å². The van der Waals surface area contributed by atoms with E-state index in [0.717, 1.165) is 17.6 Å². The summed E-state index contributed by atoms with van der Waals surface area (Å²) in [5.74, 6) is 1.22. The van der Waals surface area contributed by atoms with Crippen LogP contribution in [0.15, 0.2) is 47.7 Å². The minimum Gasteiger partial charge on any atom is -0.492 e. The topological polar surface area (TPSA) is 87.7 Å². The van der Waals surface area contributed by atoms with Crippen molar-refractivity contribution in [1.82, 2.24) is 10.6 Å². The van der Waals surface area contributed by atoms with E-state index in [1.165, 1.54) is 18.4 Å². The lowest BCUT2D eigenvalue weighted by Gasteiger charge is -2.16. The molecule has 1 aromatic carbocycles. The predicted molar refractivity (Wildman–Crippen MR) is 126 cm³/mol. The van der Waals surface area contributed by atoms with E-state index in [1.807, 2.05) is 36.4 Å². The average Bonchev–Trinajstić information content (AvgIpc) is 3.55. The Morgan fingerprint density at radius 3 is 2.72 bits per heavy atom. The predicted octanol–water partition coefficient (Wildman–Crippen LogP) is 4.14. The molecule has 0 spiro atoms. The molecule has 3 N–H and O–H groups in total. The van der Waals surface area contributed by atoms with Crippen molar-refractivity contribution in [3.8, 4) is 5.75 Å². The van der Waals surface area contributed by atoms with Gasteiger partial charge in [-0.25, -0.2) is 0 Å². The summed E-state index contributed by atoms with van der Waals surface area (Å²) >= 11 is 6.49. The molecule has 1 atom stereocenters. The molecule has 2 aliphatic rings. The minimum absolute atomic E-state index is 0.0219. The number of carbonyl (C=O) groups is 2. The first-order valence-electron chi connectivity index (χ1n) is 11.2. The molecule has 172 valence electrons. The maximum absolute atomic E-state index is 11.7. The summed E-state index contributed by atoms with van der Waals surface area (Å²) in [4.78, 5) is 23.1. The molecule has 0 aromatic heterocycles. The van der Waals surface area contributed by atoms with Crippen molar-refractivity contribution in [3.63, 3.8) is 0 Å². The van der Waals surface area contributed by atoms with Crippen molar-refractivity contribution in [1.29, 1.82) is 0 Å². The van der Waals surface area contributed by atoms with Crippen LogP contribution in [0.3, 0.4) is 0 Å². The highest BCUT2D eigenvalue weighted by Crippen LogP contribution is 2.36. The molecule has 1 aromatic rings. The molecule has 7 heteroatoms. The lowest BCUT2D eigenvalue weighted by molar-refractivity contribution is -0.119.